The third-order valence-corrected chi connectivity index (χ3v) is 18.5. The molecule has 6 heteroatoms. The molecule has 0 saturated heterocycles. The van der Waals surface area contributed by atoms with E-state index in [1.54, 1.807) is 0 Å². The van der Waals surface area contributed by atoms with Gasteiger partial charge in [0.25, 0.3) is 0 Å². The molecule has 3 heterocycles. The van der Waals surface area contributed by atoms with Crippen LogP contribution in [0.4, 0.5) is 0 Å². The fourth-order valence-electron chi connectivity index (χ4n) is 10.7. The molecule has 0 aliphatic rings. The van der Waals surface area contributed by atoms with E-state index in [0.29, 0.717) is 17.6 Å². The molecule has 13 rings (SSSR count). The van der Waals surface area contributed by atoms with Crippen LogP contribution >= 0.6 is 0 Å². The molecule has 69 heavy (non-hydrogen) atoms. The molecule has 0 bridgehead atoms. The Morgan fingerprint density at radius 1 is 0.275 bits per heavy atom. The van der Waals surface area contributed by atoms with Gasteiger partial charge in [-0.15, -0.1) is 0 Å². The van der Waals surface area contributed by atoms with Crippen LogP contribution < -0.4 is 20.7 Å². The number of fused-ring (bicyclic) bond motifs is 6. The summed E-state index contributed by atoms with van der Waals surface area (Å²) in [5.74, 6) is 1.74. The molecule has 5 nitrogen and oxygen atoms in total. The highest BCUT2D eigenvalue weighted by Crippen LogP contribution is 2.37. The van der Waals surface area contributed by atoms with Crippen LogP contribution in [-0.2, 0) is 0 Å². The second-order valence-corrected chi connectivity index (χ2v) is 21.4. The minimum Gasteiger partial charge on any atom is -0.309 e. The molecule has 0 radical (unpaired) electrons. The first-order valence-corrected chi connectivity index (χ1v) is 25.4. The average molecular weight is 898 g/mol. The predicted molar refractivity (Wildman–Crippen MR) is 288 cm³/mol. The van der Waals surface area contributed by atoms with E-state index in [1.807, 2.05) is 0 Å². The molecule has 0 unspecified atom stereocenters. The maximum atomic E-state index is 5.53. The molecule has 0 atom stereocenters. The molecule has 0 saturated carbocycles. The molecule has 0 N–H and O–H groups in total. The van der Waals surface area contributed by atoms with Crippen molar-refractivity contribution in [2.75, 3.05) is 0 Å². The fraction of sp³-hybridized carbons (Fsp3) is 0. The molecule has 0 amide bonds. The van der Waals surface area contributed by atoms with Crippen molar-refractivity contribution in [3.8, 4) is 45.5 Å². The van der Waals surface area contributed by atoms with Gasteiger partial charge in [0.1, 0.15) is 0 Å². The monoisotopic (exact) mass is 897 g/mol. The largest absolute Gasteiger partial charge is 0.309 e. The lowest BCUT2D eigenvalue weighted by Crippen LogP contribution is -2.74. The number of aromatic nitrogens is 5. The number of nitrogens with zero attached hydrogens (tertiary/aromatic N) is 5. The zero-order valence-electron chi connectivity index (χ0n) is 37.6. The molecule has 324 valence electrons. The van der Waals surface area contributed by atoms with Gasteiger partial charge in [-0.3, -0.25) is 4.57 Å². The maximum Gasteiger partial charge on any atom is 0.238 e. The topological polar surface area (TPSA) is 48.5 Å². The standard InChI is InChI=1S/C63H43N5Si/c1-4-21-44(22-5-1)45-39-41-49(42-40-45)69(47-24-6-2-7-25-47,48-26-8-3-9-27-48)50-28-20-23-46(43-50)61-64-62(66-63(65-61)68-58-36-17-12-31-53(58)54-32-13-18-37-59(54)68)55-33-14-19-38-60(55)67-56-34-15-10-29-51(56)52-30-11-16-35-57(52)67/h1-43H. The molecule has 10 aromatic carbocycles. The Balaban J connectivity index is 1.07. The first kappa shape index (κ1) is 40.3. The Morgan fingerprint density at radius 2 is 0.681 bits per heavy atom. The van der Waals surface area contributed by atoms with E-state index in [2.05, 4.69) is 270 Å². The first-order chi connectivity index (χ1) is 34.2. The second-order valence-electron chi connectivity index (χ2n) is 17.5. The van der Waals surface area contributed by atoms with Crippen LogP contribution in [0.5, 0.6) is 0 Å². The van der Waals surface area contributed by atoms with E-state index in [4.69, 9.17) is 15.0 Å². The van der Waals surface area contributed by atoms with Crippen molar-refractivity contribution < 1.29 is 0 Å². The molecular weight excluding hydrogens is 855 g/mol. The summed E-state index contributed by atoms with van der Waals surface area (Å²) in [5.41, 5.74) is 9.50. The van der Waals surface area contributed by atoms with Gasteiger partial charge < -0.3 is 4.57 Å². The normalized spacial score (nSPS) is 11.8. The molecular formula is C63H43N5Si. The van der Waals surface area contributed by atoms with Crippen molar-refractivity contribution in [1.82, 2.24) is 24.1 Å². The number of hydrogen-bond donors (Lipinski definition) is 0. The number of benzene rings is 10. The molecule has 13 aromatic rings. The SMILES string of the molecule is c1ccc(-c2ccc([Si](c3ccccc3)(c3ccccc3)c3cccc(-c4nc(-c5ccccc5-n5c6ccccc6c6ccccc65)nc(-n5c6ccccc6c6ccccc65)n4)c3)cc2)cc1. The Labute approximate surface area is 400 Å². The Kier molecular flexibility index (Phi) is 9.77. The van der Waals surface area contributed by atoms with E-state index in [-0.39, 0.29) is 0 Å². The molecule has 0 spiro atoms. The summed E-state index contributed by atoms with van der Waals surface area (Å²) in [6.07, 6.45) is 0. The summed E-state index contributed by atoms with van der Waals surface area (Å²) < 4.78 is 4.56. The van der Waals surface area contributed by atoms with E-state index in [1.165, 1.54) is 42.6 Å². The maximum absolute atomic E-state index is 5.53. The minimum absolute atomic E-state index is 0.556. The Hall–Kier alpha value is -8.97. The van der Waals surface area contributed by atoms with Crippen molar-refractivity contribution in [3.05, 3.63) is 261 Å². The van der Waals surface area contributed by atoms with Crippen LogP contribution in [0, 0.1) is 0 Å². The summed E-state index contributed by atoms with van der Waals surface area (Å²) in [6, 6.07) is 93.9. The number of hydrogen-bond acceptors (Lipinski definition) is 3. The van der Waals surface area contributed by atoms with Gasteiger partial charge in [0, 0.05) is 32.7 Å². The van der Waals surface area contributed by atoms with Crippen LogP contribution in [-0.4, -0.2) is 32.2 Å². The first-order valence-electron chi connectivity index (χ1n) is 23.4. The van der Waals surface area contributed by atoms with Crippen LogP contribution in [0.15, 0.2) is 261 Å². The van der Waals surface area contributed by atoms with Gasteiger partial charge in [-0.25, -0.2) is 4.98 Å². The lowest BCUT2D eigenvalue weighted by Gasteiger charge is -2.34. The van der Waals surface area contributed by atoms with Crippen LogP contribution in [0.2, 0.25) is 0 Å². The van der Waals surface area contributed by atoms with Gasteiger partial charge >= 0.3 is 0 Å². The van der Waals surface area contributed by atoms with Crippen molar-refractivity contribution >= 4 is 72.4 Å². The zero-order valence-corrected chi connectivity index (χ0v) is 38.6. The quantitative estimate of drug-likeness (QED) is 0.107. The van der Waals surface area contributed by atoms with Crippen molar-refractivity contribution in [1.29, 1.82) is 0 Å². The molecule has 3 aromatic heterocycles. The van der Waals surface area contributed by atoms with Crippen LogP contribution in [0.1, 0.15) is 0 Å². The van der Waals surface area contributed by atoms with Crippen molar-refractivity contribution in [3.63, 3.8) is 0 Å². The fourth-order valence-corrected chi connectivity index (χ4v) is 15.5. The van der Waals surface area contributed by atoms with E-state index in [0.717, 1.165) is 49.7 Å². The van der Waals surface area contributed by atoms with Gasteiger partial charge in [0.15, 0.2) is 19.7 Å². The molecule has 0 aliphatic heterocycles. The van der Waals surface area contributed by atoms with Gasteiger partial charge in [-0.1, -0.05) is 224 Å². The Bertz CT molecular complexity index is 3870. The number of rotatable bonds is 9. The van der Waals surface area contributed by atoms with Crippen LogP contribution in [0.3, 0.4) is 0 Å². The van der Waals surface area contributed by atoms with E-state index < -0.39 is 8.07 Å². The average Bonchev–Trinajstić information content (AvgIpc) is 3.95. The van der Waals surface area contributed by atoms with Crippen molar-refractivity contribution in [2.45, 2.75) is 0 Å². The highest BCUT2D eigenvalue weighted by Gasteiger charge is 2.41. The summed E-state index contributed by atoms with van der Waals surface area (Å²) in [7, 11) is -2.98. The molecule has 0 aliphatic carbocycles. The summed E-state index contributed by atoms with van der Waals surface area (Å²) in [6.45, 7) is 0. The van der Waals surface area contributed by atoms with Gasteiger partial charge in [0.05, 0.1) is 27.8 Å². The summed E-state index contributed by atoms with van der Waals surface area (Å²) in [5, 5.41) is 9.79. The zero-order chi connectivity index (χ0) is 45.7. The van der Waals surface area contributed by atoms with Gasteiger partial charge in [-0.2, -0.15) is 9.97 Å². The molecule has 0 fully saturated rings. The van der Waals surface area contributed by atoms with Gasteiger partial charge in [-0.05, 0) is 68.3 Å². The smallest absolute Gasteiger partial charge is 0.238 e. The highest BCUT2D eigenvalue weighted by atomic mass is 28.3. The van der Waals surface area contributed by atoms with Crippen LogP contribution in [0.25, 0.3) is 89.2 Å². The minimum atomic E-state index is -2.98. The summed E-state index contributed by atoms with van der Waals surface area (Å²) >= 11 is 0. The summed E-state index contributed by atoms with van der Waals surface area (Å²) in [4.78, 5) is 16.5. The van der Waals surface area contributed by atoms with E-state index >= 15 is 0 Å². The Morgan fingerprint density at radius 3 is 1.25 bits per heavy atom. The second kappa shape index (κ2) is 16.7. The third-order valence-electron chi connectivity index (χ3n) is 13.8. The third kappa shape index (κ3) is 6.64. The lowest BCUT2D eigenvalue weighted by molar-refractivity contribution is 0.952. The highest BCUT2D eigenvalue weighted by molar-refractivity contribution is 7.19. The van der Waals surface area contributed by atoms with Crippen molar-refractivity contribution in [2.24, 2.45) is 0 Å². The van der Waals surface area contributed by atoms with Gasteiger partial charge in [0.2, 0.25) is 5.95 Å². The predicted octanol–water partition coefficient (Wildman–Crippen LogP) is 12.4. The lowest BCUT2D eigenvalue weighted by atomic mass is 10.1. The number of para-hydroxylation sites is 5. The van der Waals surface area contributed by atoms with E-state index in [9.17, 15) is 0 Å².